The van der Waals surface area contributed by atoms with Crippen LogP contribution < -0.4 is 31.3 Å². The highest BCUT2D eigenvalue weighted by molar-refractivity contribution is 6.02. The van der Waals surface area contributed by atoms with E-state index >= 15 is 19.2 Å². The fourth-order valence-corrected chi connectivity index (χ4v) is 13.0. The highest BCUT2D eigenvalue weighted by Gasteiger charge is 2.58. The Balaban J connectivity index is 1.28. The molecule has 4 aromatic carbocycles. The Morgan fingerprint density at radius 2 is 1.31 bits per heavy atom. The highest BCUT2D eigenvalue weighted by Crippen LogP contribution is 2.37. The molecule has 0 radical (unpaired) electrons. The number of hydrogen-bond donors (Lipinski definition) is 14. The third-order valence-corrected chi connectivity index (χ3v) is 19.2. The van der Waals surface area contributed by atoms with Gasteiger partial charge < -0.3 is 82.0 Å². The van der Waals surface area contributed by atoms with Crippen molar-refractivity contribution in [1.82, 2.24) is 36.4 Å². The number of aliphatic hydroxyl groups excluding tert-OH is 7. The number of phenols is 1. The molecule has 0 bridgehead atoms. The van der Waals surface area contributed by atoms with Gasteiger partial charge in [0.05, 0.1) is 30.5 Å². The van der Waals surface area contributed by atoms with Gasteiger partial charge in [0.25, 0.3) is 11.8 Å². The summed E-state index contributed by atoms with van der Waals surface area (Å²) in [6.45, 7) is 16.8. The quantitative estimate of drug-likeness (QED) is 0.0503. The molecule has 7 rings (SSSR count). The van der Waals surface area contributed by atoms with E-state index < -0.39 is 156 Å². The van der Waals surface area contributed by atoms with Gasteiger partial charge in [-0.25, -0.2) is 10.1 Å². The molecule has 14 N–H and O–H groups in total. The third kappa shape index (κ3) is 15.6. The monoisotopic (exact) mass is 1300 g/mol. The first-order valence-corrected chi connectivity index (χ1v) is 31.9. The van der Waals surface area contributed by atoms with E-state index in [-0.39, 0.29) is 47.8 Å². The topological polar surface area (TPSA) is 387 Å². The lowest BCUT2D eigenvalue weighted by atomic mass is 9.86. The third-order valence-electron chi connectivity index (χ3n) is 19.2. The summed E-state index contributed by atoms with van der Waals surface area (Å²) in [5.41, 5.74) is -1.19. The molecule has 25 nitrogen and oxygen atoms in total. The number of aliphatic hydroxyl groups is 7. The second-order valence-electron chi connectivity index (χ2n) is 25.7. The molecule has 3 aliphatic heterocycles. The molecule has 4 unspecified atom stereocenters. The van der Waals surface area contributed by atoms with Crippen molar-refractivity contribution in [2.75, 3.05) is 6.54 Å². The summed E-state index contributed by atoms with van der Waals surface area (Å²) in [5.74, 6) is -9.88. The van der Waals surface area contributed by atoms with Crippen LogP contribution in [0.2, 0.25) is 0 Å². The van der Waals surface area contributed by atoms with Crippen LogP contribution in [0.15, 0.2) is 91.0 Å². The van der Waals surface area contributed by atoms with Crippen LogP contribution in [0.5, 0.6) is 11.5 Å². The van der Waals surface area contributed by atoms with Crippen molar-refractivity contribution in [3.63, 3.8) is 0 Å². The summed E-state index contributed by atoms with van der Waals surface area (Å²) in [7, 11) is 0. The van der Waals surface area contributed by atoms with Crippen molar-refractivity contribution in [3.05, 3.63) is 108 Å². The second-order valence-corrected chi connectivity index (χ2v) is 25.7. The van der Waals surface area contributed by atoms with Crippen LogP contribution in [-0.4, -0.2) is 194 Å². The van der Waals surface area contributed by atoms with Gasteiger partial charge in [-0.3, -0.25) is 33.6 Å². The molecule has 93 heavy (non-hydrogen) atoms. The van der Waals surface area contributed by atoms with Crippen molar-refractivity contribution in [3.8, 4) is 33.8 Å². The van der Waals surface area contributed by atoms with Gasteiger partial charge in [0.1, 0.15) is 65.1 Å². The molecule has 0 aromatic heterocycles. The van der Waals surface area contributed by atoms with E-state index in [1.54, 1.807) is 19.1 Å². The second kappa shape index (κ2) is 30.7. The number of benzene rings is 4. The summed E-state index contributed by atoms with van der Waals surface area (Å²) in [4.78, 5) is 111. The van der Waals surface area contributed by atoms with E-state index in [2.05, 4.69) is 52.2 Å². The van der Waals surface area contributed by atoms with Gasteiger partial charge in [0.15, 0.2) is 6.23 Å². The van der Waals surface area contributed by atoms with Crippen molar-refractivity contribution >= 4 is 41.4 Å². The number of β-amino-alcohol motifs (C(OH)–C–C–N with tert-alkyl or cyclic N) is 1. The fourth-order valence-electron chi connectivity index (χ4n) is 13.0. The van der Waals surface area contributed by atoms with Gasteiger partial charge in [-0.1, -0.05) is 103 Å². The van der Waals surface area contributed by atoms with Gasteiger partial charge in [-0.2, -0.15) is 0 Å². The average Bonchev–Trinajstić information content (AvgIpc) is 1.68. The summed E-state index contributed by atoms with van der Waals surface area (Å²) >= 11 is 0. The molecule has 0 spiro atoms. The summed E-state index contributed by atoms with van der Waals surface area (Å²) in [5, 5.41) is 116. The van der Waals surface area contributed by atoms with Gasteiger partial charge in [-0.15, -0.1) is 0 Å². The van der Waals surface area contributed by atoms with Crippen LogP contribution in [0.4, 0.5) is 0 Å². The van der Waals surface area contributed by atoms with E-state index in [1.807, 2.05) is 48.5 Å². The Bertz CT molecular complexity index is 3290. The first-order valence-electron chi connectivity index (χ1n) is 31.9. The number of hydrogen-bond acceptors (Lipinski definition) is 18. The number of nitrogens with zero attached hydrogens (tertiary/aromatic N) is 2. The lowest BCUT2D eigenvalue weighted by molar-refractivity contribution is -0.307. The Labute approximate surface area is 541 Å². The van der Waals surface area contributed by atoms with Crippen LogP contribution in [0.1, 0.15) is 135 Å². The minimum Gasteiger partial charge on any atom is -0.508 e. The average molecular weight is 1300 g/mol. The highest BCUT2D eigenvalue weighted by atomic mass is 17.1. The number of ether oxygens (including phenoxy) is 1. The van der Waals surface area contributed by atoms with E-state index in [4.69, 9.17) is 4.74 Å². The van der Waals surface area contributed by atoms with Crippen LogP contribution in [0, 0.1) is 24.7 Å². The van der Waals surface area contributed by atoms with Gasteiger partial charge in [0, 0.05) is 36.4 Å². The van der Waals surface area contributed by atoms with Crippen molar-refractivity contribution in [1.29, 1.82) is 0 Å². The zero-order valence-electron chi connectivity index (χ0n) is 54.5. The fraction of sp³-hybridized carbons (Fsp3) is 0.544. The van der Waals surface area contributed by atoms with Gasteiger partial charge >= 0.3 is 0 Å². The number of fused-ring (bicyclic) bond motifs is 2. The van der Waals surface area contributed by atoms with Gasteiger partial charge in [0.2, 0.25) is 29.5 Å². The van der Waals surface area contributed by atoms with E-state index in [0.29, 0.717) is 11.5 Å². The summed E-state index contributed by atoms with van der Waals surface area (Å²) in [6, 6.07) is 16.2. The number of carbonyl (C=O) groups is 7. The molecule has 3 fully saturated rings. The zero-order chi connectivity index (χ0) is 68.7. The maximum Gasteiger partial charge on any atom is 0.251 e. The van der Waals surface area contributed by atoms with Crippen molar-refractivity contribution in [2.45, 2.75) is 211 Å². The number of nitrogens with one attached hydrogen (secondary N) is 5. The van der Waals surface area contributed by atoms with Crippen LogP contribution in [0.3, 0.4) is 0 Å². The molecule has 25 heteroatoms. The smallest absolute Gasteiger partial charge is 0.251 e. The van der Waals surface area contributed by atoms with Crippen molar-refractivity contribution in [2.24, 2.45) is 17.8 Å². The van der Waals surface area contributed by atoms with Crippen molar-refractivity contribution < 1.29 is 89.3 Å². The van der Waals surface area contributed by atoms with Gasteiger partial charge in [-0.05, 0) is 136 Å². The molecule has 7 amide bonds. The lowest BCUT2D eigenvalue weighted by Gasteiger charge is -2.43. The molecular weight excluding hydrogens is 1200 g/mol. The van der Waals surface area contributed by atoms with E-state index in [0.717, 1.165) is 52.0 Å². The number of rotatable bonds is 18. The molecule has 4 aromatic rings. The lowest BCUT2D eigenvalue weighted by Crippen LogP contribution is -2.71. The molecule has 0 saturated carbocycles. The van der Waals surface area contributed by atoms with Crippen LogP contribution in [0.25, 0.3) is 22.3 Å². The van der Waals surface area contributed by atoms with E-state index in [9.17, 15) is 60.5 Å². The molecule has 0 aliphatic carbocycles. The Kier molecular flexibility index (Phi) is 24.0. The Morgan fingerprint density at radius 1 is 0.731 bits per heavy atom. The predicted molar refractivity (Wildman–Crippen MR) is 341 cm³/mol. The molecule has 3 aliphatic rings. The number of carbonyl (C=O) groups excluding carboxylic acids is 7. The first-order chi connectivity index (χ1) is 43.9. The first kappa shape index (κ1) is 72.8. The minimum atomic E-state index is -2.49. The van der Waals surface area contributed by atoms with E-state index in [1.165, 1.54) is 71.9 Å². The molecular formula is C68H93N7O18. The predicted octanol–water partition coefficient (Wildman–Crippen LogP) is 3.10. The van der Waals surface area contributed by atoms with Crippen LogP contribution >= 0.6 is 0 Å². The SMILES string of the molecule is CCC(C)CC(C)Oc1ccc(-c2ccc(-c3ccc(C(=O)N[C@@H]4C(=O)N[C@@](C)([C@H](O)CC)C(=O)N5C[C@H](O)C[C@@]5(C)C(=O)N[C@H]([C@H](O)[C@@H](O)c5ccc(O)c(C)c5)C(=O)N[C@@H]([C@H](O)CC)C(=O)N5C(C)[C@H](CC)[C@H](O)[C@H]5C(=O)N[C@H](OO)[C@H](O)C4C)cc3)cc2)cc1. The Morgan fingerprint density at radius 3 is 1.85 bits per heavy atom. The zero-order valence-corrected chi connectivity index (χ0v) is 54.5. The normalized spacial score (nSPS) is 29.6. The summed E-state index contributed by atoms with van der Waals surface area (Å²) in [6.07, 6.45) is -14.5. The maximum absolute atomic E-state index is 15.4. The molecule has 3 saturated heterocycles. The standard InChI is InChI=1S/C68H93N7O18/c1-12-34(5)30-36(7)92-46-27-24-42(25-28-46)40-18-16-39(17-19-40)41-20-22-43(23-21-41)59(84)69-51-37(8)55(80)63(93-91)72-62(87)54-57(82)47(13-2)38(9)75(54)64(88)52(48(77)14-3)70-60(85)53(58(83)56(81)44-26-29-49(78)35(6)31-44)71-65(89)67(10)32-45(76)33-74(67)66(90)68(11,50(79)15-4)73-61(51)86/h16-29,31,34,36-38,45,47-48,50-58,63,76-83,91H,12-15,30,32-33H2,1-11H3,(H,69,84)(H,70,85)(H,71,89)(H,72,87)(H,73,86)/t34?,36?,37?,38?,45-,47+,48-,50-,51+,52+,53-,54+,55-,56+,57+,58+,63-,67+,68+/m1/s1. The minimum absolute atomic E-state index is 0.00955. The number of aromatic hydroxyl groups is 1. The molecule has 508 valence electrons. The molecule has 19 atom stereocenters. The summed E-state index contributed by atoms with van der Waals surface area (Å²) < 4.78 is 6.15. The largest absolute Gasteiger partial charge is 0.508 e. The maximum atomic E-state index is 15.4. The number of aryl methyl sites for hydroxylation is 1. The molecule has 3 heterocycles. The number of phenolic OH excluding ortho intramolecular Hbond substituents is 1. The number of amides is 7. The Hall–Kier alpha value is -7.59. The van der Waals surface area contributed by atoms with Crippen LogP contribution in [-0.2, 0) is 33.7 Å².